The SMILES string of the molecule is CCN(C(=O)Cn1cnc2scc(-c3ccc4ccccc4c3)c2c1=O)c1cccc(C)c1. The molecule has 2 aromatic heterocycles. The highest BCUT2D eigenvalue weighted by Crippen LogP contribution is 2.32. The number of aromatic nitrogens is 2. The lowest BCUT2D eigenvalue weighted by molar-refractivity contribution is -0.119. The van der Waals surface area contributed by atoms with E-state index >= 15 is 0 Å². The molecule has 0 saturated heterocycles. The van der Waals surface area contributed by atoms with E-state index in [9.17, 15) is 9.59 Å². The minimum atomic E-state index is -0.196. The number of aryl methyl sites for hydroxylation is 1. The number of rotatable bonds is 5. The van der Waals surface area contributed by atoms with E-state index in [-0.39, 0.29) is 18.0 Å². The molecule has 0 N–H and O–H groups in total. The molecule has 5 aromatic rings. The first kappa shape index (κ1) is 21.1. The summed E-state index contributed by atoms with van der Waals surface area (Å²) in [4.78, 5) is 33.4. The first-order valence-corrected chi connectivity index (χ1v) is 11.8. The van der Waals surface area contributed by atoms with E-state index in [0.29, 0.717) is 16.8 Å². The molecule has 0 aliphatic heterocycles. The molecule has 5 rings (SSSR count). The fraction of sp³-hybridized carbons (Fsp3) is 0.148. The first-order valence-electron chi connectivity index (χ1n) is 10.9. The number of hydrogen-bond acceptors (Lipinski definition) is 4. The molecule has 0 atom stereocenters. The molecule has 2 heterocycles. The maximum Gasteiger partial charge on any atom is 0.263 e. The highest BCUT2D eigenvalue weighted by atomic mass is 32.1. The fourth-order valence-electron chi connectivity index (χ4n) is 4.18. The largest absolute Gasteiger partial charge is 0.311 e. The highest BCUT2D eigenvalue weighted by Gasteiger charge is 2.18. The molecule has 0 unspecified atom stereocenters. The van der Waals surface area contributed by atoms with Crippen LogP contribution in [-0.4, -0.2) is 22.0 Å². The quantitative estimate of drug-likeness (QED) is 0.346. The van der Waals surface area contributed by atoms with Crippen molar-refractivity contribution in [2.45, 2.75) is 20.4 Å². The molecule has 0 aliphatic rings. The van der Waals surface area contributed by atoms with Gasteiger partial charge in [0.1, 0.15) is 11.4 Å². The van der Waals surface area contributed by atoms with Gasteiger partial charge in [0.15, 0.2) is 0 Å². The van der Waals surface area contributed by atoms with Crippen molar-refractivity contribution in [1.29, 1.82) is 0 Å². The minimum absolute atomic E-state index is 0.0590. The Morgan fingerprint density at radius 2 is 1.85 bits per heavy atom. The normalized spacial score (nSPS) is 11.2. The molecule has 0 saturated carbocycles. The van der Waals surface area contributed by atoms with Crippen LogP contribution in [0, 0.1) is 6.92 Å². The number of fused-ring (bicyclic) bond motifs is 2. The van der Waals surface area contributed by atoms with Crippen LogP contribution in [0.4, 0.5) is 5.69 Å². The van der Waals surface area contributed by atoms with Crippen LogP contribution in [0.1, 0.15) is 12.5 Å². The number of thiophene rings is 1. The van der Waals surface area contributed by atoms with Crippen molar-refractivity contribution in [2.24, 2.45) is 0 Å². The van der Waals surface area contributed by atoms with E-state index in [1.54, 1.807) is 4.90 Å². The summed E-state index contributed by atoms with van der Waals surface area (Å²) in [5.74, 6) is -0.145. The highest BCUT2D eigenvalue weighted by molar-refractivity contribution is 7.17. The van der Waals surface area contributed by atoms with Gasteiger partial charge in [0, 0.05) is 23.2 Å². The summed E-state index contributed by atoms with van der Waals surface area (Å²) in [6.45, 7) is 4.39. The fourth-order valence-corrected chi connectivity index (χ4v) is 5.09. The third kappa shape index (κ3) is 3.94. The number of anilines is 1. The van der Waals surface area contributed by atoms with Crippen molar-refractivity contribution in [3.8, 4) is 11.1 Å². The predicted octanol–water partition coefficient (Wildman–Crippen LogP) is 5.64. The van der Waals surface area contributed by atoms with E-state index in [0.717, 1.165) is 33.2 Å². The summed E-state index contributed by atoms with van der Waals surface area (Å²) in [6.07, 6.45) is 1.48. The van der Waals surface area contributed by atoms with Gasteiger partial charge in [0.05, 0.1) is 11.7 Å². The zero-order valence-electron chi connectivity index (χ0n) is 18.5. The van der Waals surface area contributed by atoms with Gasteiger partial charge < -0.3 is 4.90 Å². The van der Waals surface area contributed by atoms with E-state index < -0.39 is 0 Å². The predicted molar refractivity (Wildman–Crippen MR) is 136 cm³/mol. The van der Waals surface area contributed by atoms with Gasteiger partial charge in [-0.1, -0.05) is 48.5 Å². The van der Waals surface area contributed by atoms with Gasteiger partial charge >= 0.3 is 0 Å². The Hall–Kier alpha value is -3.77. The Morgan fingerprint density at radius 1 is 1.03 bits per heavy atom. The summed E-state index contributed by atoms with van der Waals surface area (Å²) in [7, 11) is 0. The Morgan fingerprint density at radius 3 is 2.64 bits per heavy atom. The van der Waals surface area contributed by atoms with Gasteiger partial charge in [0.2, 0.25) is 5.91 Å². The molecule has 164 valence electrons. The van der Waals surface area contributed by atoms with E-state index in [2.05, 4.69) is 29.2 Å². The summed E-state index contributed by atoms with van der Waals surface area (Å²) < 4.78 is 1.42. The van der Waals surface area contributed by atoms with Gasteiger partial charge in [-0.2, -0.15) is 0 Å². The monoisotopic (exact) mass is 453 g/mol. The summed E-state index contributed by atoms with van der Waals surface area (Å²) in [5.41, 5.74) is 3.54. The van der Waals surface area contributed by atoms with Gasteiger partial charge in [0.25, 0.3) is 5.56 Å². The van der Waals surface area contributed by atoms with Gasteiger partial charge in [-0.05, 0) is 53.9 Å². The average Bonchev–Trinajstić information content (AvgIpc) is 3.26. The number of carbonyl (C=O) groups excluding carboxylic acids is 1. The van der Waals surface area contributed by atoms with Crippen LogP contribution in [-0.2, 0) is 11.3 Å². The molecule has 1 amide bonds. The molecule has 0 aliphatic carbocycles. The minimum Gasteiger partial charge on any atom is -0.311 e. The maximum absolute atomic E-state index is 13.4. The van der Waals surface area contributed by atoms with Crippen LogP contribution in [0.5, 0.6) is 0 Å². The molecule has 0 bridgehead atoms. The Balaban J connectivity index is 1.53. The van der Waals surface area contributed by atoms with Crippen molar-refractivity contribution >= 4 is 43.9 Å². The summed E-state index contributed by atoms with van der Waals surface area (Å²) in [6, 6.07) is 22.1. The van der Waals surface area contributed by atoms with Crippen molar-refractivity contribution in [1.82, 2.24) is 9.55 Å². The molecule has 33 heavy (non-hydrogen) atoms. The number of hydrogen-bond donors (Lipinski definition) is 0. The molecule has 0 fully saturated rings. The second-order valence-corrected chi connectivity index (χ2v) is 8.90. The number of nitrogens with zero attached hydrogens (tertiary/aromatic N) is 3. The Kier molecular flexibility index (Phi) is 5.52. The number of amides is 1. The second-order valence-electron chi connectivity index (χ2n) is 8.05. The molecule has 6 heteroatoms. The Bertz CT molecular complexity index is 1550. The van der Waals surface area contributed by atoms with Crippen LogP contribution >= 0.6 is 11.3 Å². The number of benzene rings is 3. The average molecular weight is 454 g/mol. The zero-order chi connectivity index (χ0) is 22.9. The standard InChI is InChI=1S/C27H23N3O2S/c1-3-30(22-10-6-7-18(2)13-22)24(31)15-29-17-28-26-25(27(29)32)23(16-33-26)21-12-11-19-8-4-5-9-20(19)14-21/h4-14,16-17H,3,15H2,1-2H3. The number of likely N-dealkylation sites (N-methyl/N-ethyl adjacent to an activating group) is 1. The first-order chi connectivity index (χ1) is 16.0. The second kappa shape index (κ2) is 8.64. The van der Waals surface area contributed by atoms with Crippen LogP contribution in [0.25, 0.3) is 32.1 Å². The van der Waals surface area contributed by atoms with E-state index in [1.165, 1.54) is 22.2 Å². The molecular weight excluding hydrogens is 430 g/mol. The van der Waals surface area contributed by atoms with Crippen LogP contribution in [0.15, 0.2) is 83.2 Å². The van der Waals surface area contributed by atoms with Crippen LogP contribution in [0.2, 0.25) is 0 Å². The summed E-state index contributed by atoms with van der Waals surface area (Å²) >= 11 is 1.45. The molecule has 0 radical (unpaired) electrons. The van der Waals surface area contributed by atoms with Crippen LogP contribution in [0.3, 0.4) is 0 Å². The molecule has 5 nitrogen and oxygen atoms in total. The topological polar surface area (TPSA) is 55.2 Å². The lowest BCUT2D eigenvalue weighted by Crippen LogP contribution is -2.36. The third-order valence-electron chi connectivity index (χ3n) is 5.86. The smallest absolute Gasteiger partial charge is 0.263 e. The van der Waals surface area contributed by atoms with Gasteiger partial charge in [-0.3, -0.25) is 14.2 Å². The lowest BCUT2D eigenvalue weighted by Gasteiger charge is -2.22. The van der Waals surface area contributed by atoms with Crippen LogP contribution < -0.4 is 10.5 Å². The van der Waals surface area contributed by atoms with Gasteiger partial charge in [-0.25, -0.2) is 4.98 Å². The van der Waals surface area contributed by atoms with Crippen molar-refractivity contribution < 1.29 is 4.79 Å². The van der Waals surface area contributed by atoms with E-state index in [4.69, 9.17) is 0 Å². The molecule has 3 aromatic carbocycles. The van der Waals surface area contributed by atoms with Crippen molar-refractivity contribution in [3.63, 3.8) is 0 Å². The maximum atomic E-state index is 13.4. The zero-order valence-corrected chi connectivity index (χ0v) is 19.3. The van der Waals surface area contributed by atoms with Crippen molar-refractivity contribution in [3.05, 3.63) is 94.4 Å². The van der Waals surface area contributed by atoms with Gasteiger partial charge in [-0.15, -0.1) is 11.3 Å². The lowest BCUT2D eigenvalue weighted by atomic mass is 10.0. The summed E-state index contributed by atoms with van der Waals surface area (Å²) in [5, 5.41) is 4.80. The molecule has 0 spiro atoms. The third-order valence-corrected chi connectivity index (χ3v) is 6.74. The number of carbonyl (C=O) groups is 1. The Labute approximate surface area is 195 Å². The van der Waals surface area contributed by atoms with E-state index in [1.807, 2.05) is 61.7 Å². The molecular formula is C27H23N3O2S. The van der Waals surface area contributed by atoms with Crippen molar-refractivity contribution in [2.75, 3.05) is 11.4 Å².